The molecular weight excluding hydrogens is 292 g/mol. The highest BCUT2D eigenvalue weighted by atomic mass is 28.3. The van der Waals surface area contributed by atoms with Gasteiger partial charge in [-0.25, -0.2) is 0 Å². The third kappa shape index (κ3) is 2.44. The summed E-state index contributed by atoms with van der Waals surface area (Å²) in [5.74, 6) is 3.44. The molecule has 1 heteroatoms. The minimum Gasteiger partial charge on any atom is -0.0689 e. The van der Waals surface area contributed by atoms with Gasteiger partial charge in [0.15, 0.2) is 0 Å². The molecule has 3 aliphatic carbocycles. The van der Waals surface area contributed by atoms with Gasteiger partial charge >= 0.3 is 0 Å². The third-order valence-corrected chi connectivity index (χ3v) is 14.0. The largest absolute Gasteiger partial charge is 0.0689 e. The van der Waals surface area contributed by atoms with Crippen LogP contribution in [-0.4, -0.2) is 8.07 Å². The SMILES string of the molecule is CC1=C(C)C2C(C)C(C)C([Si](C)(C)C3CCCC3)[C@@H]2C(C)=C1C. The summed E-state index contributed by atoms with van der Waals surface area (Å²) in [6, 6.07) is 0. The van der Waals surface area contributed by atoms with Gasteiger partial charge < -0.3 is 0 Å². The van der Waals surface area contributed by atoms with Gasteiger partial charge in [0.2, 0.25) is 0 Å². The van der Waals surface area contributed by atoms with Crippen LogP contribution in [0.2, 0.25) is 24.2 Å². The summed E-state index contributed by atoms with van der Waals surface area (Å²) in [6.45, 7) is 20.3. The molecule has 3 rings (SSSR count). The van der Waals surface area contributed by atoms with Crippen molar-refractivity contribution >= 4 is 8.07 Å². The molecule has 5 atom stereocenters. The Morgan fingerprint density at radius 2 is 1.22 bits per heavy atom. The van der Waals surface area contributed by atoms with E-state index < -0.39 is 8.07 Å². The van der Waals surface area contributed by atoms with Crippen molar-refractivity contribution in [3.63, 3.8) is 0 Å². The highest BCUT2D eigenvalue weighted by Crippen LogP contribution is 2.63. The number of fused-ring (bicyclic) bond motifs is 1. The molecule has 2 saturated carbocycles. The summed E-state index contributed by atoms with van der Waals surface area (Å²) in [7, 11) is -1.23. The first-order valence-electron chi connectivity index (χ1n) is 10.0. The van der Waals surface area contributed by atoms with E-state index in [0.717, 1.165) is 34.8 Å². The summed E-state index contributed by atoms with van der Waals surface area (Å²) in [6.07, 6.45) is 6.06. The Kier molecular flexibility index (Phi) is 4.49. The van der Waals surface area contributed by atoms with Gasteiger partial charge in [-0.05, 0) is 73.6 Å². The fourth-order valence-corrected chi connectivity index (χ4v) is 12.4. The lowest BCUT2D eigenvalue weighted by atomic mass is 9.72. The summed E-state index contributed by atoms with van der Waals surface area (Å²) >= 11 is 0. The molecule has 4 unspecified atom stereocenters. The molecule has 3 aliphatic rings. The average molecular weight is 331 g/mol. The summed E-state index contributed by atoms with van der Waals surface area (Å²) in [5, 5.41) is 0. The van der Waals surface area contributed by atoms with Crippen molar-refractivity contribution in [1.29, 1.82) is 0 Å². The van der Waals surface area contributed by atoms with Crippen LogP contribution in [0, 0.1) is 23.7 Å². The molecular formula is C22H38Si. The first-order chi connectivity index (χ1) is 10.7. The minimum absolute atomic E-state index is 0.826. The normalized spacial score (nSPS) is 39.4. The van der Waals surface area contributed by atoms with Gasteiger partial charge in [-0.3, -0.25) is 0 Å². The molecule has 0 aromatic rings. The van der Waals surface area contributed by atoms with Crippen LogP contribution >= 0.6 is 0 Å². The maximum Gasteiger partial charge on any atom is 0.0544 e. The van der Waals surface area contributed by atoms with E-state index in [-0.39, 0.29) is 0 Å². The van der Waals surface area contributed by atoms with Crippen molar-refractivity contribution in [2.24, 2.45) is 23.7 Å². The van der Waals surface area contributed by atoms with Crippen LogP contribution in [0.4, 0.5) is 0 Å². The number of allylic oxidation sites excluding steroid dienone is 4. The van der Waals surface area contributed by atoms with Crippen LogP contribution in [0.5, 0.6) is 0 Å². The zero-order valence-corrected chi connectivity index (χ0v) is 17.8. The highest BCUT2D eigenvalue weighted by molar-refractivity contribution is 6.80. The van der Waals surface area contributed by atoms with Crippen molar-refractivity contribution in [2.45, 2.75) is 91.4 Å². The predicted octanol–water partition coefficient (Wildman–Crippen LogP) is 7.21. The zero-order valence-electron chi connectivity index (χ0n) is 16.8. The van der Waals surface area contributed by atoms with Gasteiger partial charge in [0.05, 0.1) is 8.07 Å². The minimum atomic E-state index is -1.23. The van der Waals surface area contributed by atoms with E-state index in [1.807, 2.05) is 0 Å². The van der Waals surface area contributed by atoms with E-state index in [9.17, 15) is 0 Å². The molecule has 0 aromatic heterocycles. The fourth-order valence-electron chi connectivity index (χ4n) is 6.91. The molecule has 0 radical (unpaired) electrons. The number of hydrogen-bond acceptors (Lipinski definition) is 0. The van der Waals surface area contributed by atoms with Gasteiger partial charge in [-0.15, -0.1) is 0 Å². The molecule has 23 heavy (non-hydrogen) atoms. The van der Waals surface area contributed by atoms with Gasteiger partial charge in [0.25, 0.3) is 0 Å². The van der Waals surface area contributed by atoms with Gasteiger partial charge in [-0.2, -0.15) is 0 Å². The predicted molar refractivity (Wildman–Crippen MR) is 106 cm³/mol. The lowest BCUT2D eigenvalue weighted by Crippen LogP contribution is -2.42. The molecule has 0 bridgehead atoms. The zero-order chi connectivity index (χ0) is 17.1. The highest BCUT2D eigenvalue weighted by Gasteiger charge is 2.56. The van der Waals surface area contributed by atoms with Crippen molar-refractivity contribution < 1.29 is 0 Å². The summed E-state index contributed by atoms with van der Waals surface area (Å²) in [5.41, 5.74) is 8.76. The van der Waals surface area contributed by atoms with E-state index in [2.05, 4.69) is 54.6 Å². The molecule has 2 fully saturated rings. The molecule has 0 saturated heterocycles. The molecule has 0 N–H and O–H groups in total. The van der Waals surface area contributed by atoms with E-state index in [4.69, 9.17) is 0 Å². The Bertz CT molecular complexity index is 544. The van der Waals surface area contributed by atoms with E-state index in [1.54, 1.807) is 22.3 Å². The molecule has 0 amide bonds. The van der Waals surface area contributed by atoms with Crippen LogP contribution in [0.15, 0.2) is 22.3 Å². The van der Waals surface area contributed by atoms with Crippen molar-refractivity contribution in [1.82, 2.24) is 0 Å². The van der Waals surface area contributed by atoms with Gasteiger partial charge in [-0.1, -0.05) is 63.8 Å². The van der Waals surface area contributed by atoms with Gasteiger partial charge in [0.1, 0.15) is 0 Å². The van der Waals surface area contributed by atoms with Crippen LogP contribution < -0.4 is 0 Å². The molecule has 0 aromatic carbocycles. The van der Waals surface area contributed by atoms with Crippen molar-refractivity contribution in [2.75, 3.05) is 0 Å². The standard InChI is InChI=1S/C22H38Si/c1-13-14(2)16(4)21-20(15(13)3)17(5)18(6)22(21)23(7,8)19-11-9-10-12-19/h17-22H,9-12H2,1-8H3/t17?,18?,20?,21-,22?/m1/s1. The topological polar surface area (TPSA) is 0 Å². The Morgan fingerprint density at radius 3 is 1.74 bits per heavy atom. The fraction of sp³-hybridized carbons (Fsp3) is 0.818. The smallest absolute Gasteiger partial charge is 0.0544 e. The lowest BCUT2D eigenvalue weighted by molar-refractivity contribution is 0.371. The van der Waals surface area contributed by atoms with Crippen molar-refractivity contribution in [3.8, 4) is 0 Å². The number of rotatable bonds is 2. The summed E-state index contributed by atoms with van der Waals surface area (Å²) < 4.78 is 0. The maximum absolute atomic E-state index is 2.75. The molecule has 130 valence electrons. The third-order valence-electron chi connectivity index (χ3n) is 8.75. The first kappa shape index (κ1) is 17.5. The van der Waals surface area contributed by atoms with Gasteiger partial charge in [0, 0.05) is 0 Å². The van der Waals surface area contributed by atoms with Crippen LogP contribution in [0.1, 0.15) is 67.2 Å². The molecule has 0 nitrogen and oxygen atoms in total. The van der Waals surface area contributed by atoms with Crippen LogP contribution in [0.25, 0.3) is 0 Å². The lowest BCUT2D eigenvalue weighted by Gasteiger charge is -2.44. The van der Waals surface area contributed by atoms with Crippen LogP contribution in [-0.2, 0) is 0 Å². The Hall–Kier alpha value is -0.303. The summed E-state index contributed by atoms with van der Waals surface area (Å²) in [4.78, 5) is 0. The number of hydrogen-bond donors (Lipinski definition) is 0. The second-order valence-corrected chi connectivity index (χ2v) is 14.8. The second-order valence-electron chi connectivity index (χ2n) is 9.71. The quantitative estimate of drug-likeness (QED) is 0.469. The monoisotopic (exact) mass is 330 g/mol. The van der Waals surface area contributed by atoms with Crippen LogP contribution in [0.3, 0.4) is 0 Å². The second kappa shape index (κ2) is 5.90. The van der Waals surface area contributed by atoms with E-state index in [1.165, 1.54) is 25.7 Å². The Morgan fingerprint density at radius 1 is 0.739 bits per heavy atom. The maximum atomic E-state index is 2.75. The molecule has 0 spiro atoms. The Labute approximate surface area is 145 Å². The van der Waals surface area contributed by atoms with E-state index >= 15 is 0 Å². The molecule has 0 heterocycles. The average Bonchev–Trinajstić information content (AvgIpc) is 3.12. The van der Waals surface area contributed by atoms with E-state index in [0.29, 0.717) is 0 Å². The molecule has 0 aliphatic heterocycles. The van der Waals surface area contributed by atoms with Crippen molar-refractivity contribution in [3.05, 3.63) is 22.3 Å². The Balaban J connectivity index is 2.05. The first-order valence-corrected chi connectivity index (χ1v) is 13.2.